The molecular weight excluding hydrogens is 381 g/mol. The van der Waals surface area contributed by atoms with E-state index < -0.39 is 5.97 Å². The van der Waals surface area contributed by atoms with E-state index in [4.69, 9.17) is 27.9 Å². The molecule has 0 aliphatic heterocycles. The summed E-state index contributed by atoms with van der Waals surface area (Å²) < 4.78 is 4.97. The zero-order chi connectivity index (χ0) is 18.4. The van der Waals surface area contributed by atoms with Gasteiger partial charge in [-0.2, -0.15) is 0 Å². The predicted octanol–water partition coefficient (Wildman–Crippen LogP) is 4.58. The molecule has 132 valence electrons. The molecule has 0 aliphatic carbocycles. The number of likely N-dealkylation sites (N-methyl/N-ethyl adjacent to an activating group) is 1. The van der Waals surface area contributed by atoms with E-state index in [0.717, 1.165) is 15.3 Å². The smallest absolute Gasteiger partial charge is 0.331 e. The van der Waals surface area contributed by atoms with Crippen LogP contribution in [0.3, 0.4) is 0 Å². The van der Waals surface area contributed by atoms with Crippen LogP contribution >= 0.6 is 34.5 Å². The lowest BCUT2D eigenvalue weighted by Crippen LogP contribution is -2.30. The Morgan fingerprint density at radius 1 is 1.20 bits per heavy atom. The van der Waals surface area contributed by atoms with Crippen LogP contribution in [-0.2, 0) is 20.9 Å². The molecule has 25 heavy (non-hydrogen) atoms. The standard InChI is InChI=1S/C18H17Cl2NO3S/c1-12-3-5-14(25-12)6-8-18(23)24-11-17(22)21(2)10-13-4-7-15(19)16(20)9-13/h3-9H,10-11H2,1-2H3/b8-6+. The lowest BCUT2D eigenvalue weighted by atomic mass is 10.2. The molecule has 2 aromatic rings. The number of rotatable bonds is 6. The number of amides is 1. The molecule has 0 saturated carbocycles. The number of nitrogens with zero attached hydrogens (tertiary/aromatic N) is 1. The third-order valence-electron chi connectivity index (χ3n) is 3.31. The highest BCUT2D eigenvalue weighted by Gasteiger charge is 2.12. The summed E-state index contributed by atoms with van der Waals surface area (Å²) >= 11 is 13.4. The topological polar surface area (TPSA) is 46.6 Å². The Bertz CT molecular complexity index is 801. The maximum Gasteiger partial charge on any atom is 0.331 e. The Morgan fingerprint density at radius 2 is 1.96 bits per heavy atom. The number of hydrogen-bond donors (Lipinski definition) is 0. The molecule has 7 heteroatoms. The predicted molar refractivity (Wildman–Crippen MR) is 102 cm³/mol. The Morgan fingerprint density at radius 3 is 2.60 bits per heavy atom. The van der Waals surface area contributed by atoms with E-state index >= 15 is 0 Å². The van der Waals surface area contributed by atoms with Gasteiger partial charge in [0.2, 0.25) is 0 Å². The Labute approximate surface area is 160 Å². The molecule has 1 aromatic heterocycles. The SMILES string of the molecule is Cc1ccc(/C=C/C(=O)OCC(=O)N(C)Cc2ccc(Cl)c(Cl)c2)s1. The maximum absolute atomic E-state index is 12.0. The molecular formula is C18H17Cl2NO3S. The fourth-order valence-corrected chi connectivity index (χ4v) is 3.09. The third-order valence-corrected chi connectivity index (χ3v) is 5.02. The Hall–Kier alpha value is -1.82. The van der Waals surface area contributed by atoms with Gasteiger partial charge in [-0.25, -0.2) is 4.79 Å². The zero-order valence-electron chi connectivity index (χ0n) is 13.8. The fraction of sp³-hybridized carbons (Fsp3) is 0.222. The van der Waals surface area contributed by atoms with Gasteiger partial charge in [-0.3, -0.25) is 4.79 Å². The van der Waals surface area contributed by atoms with E-state index in [1.807, 2.05) is 19.1 Å². The molecule has 1 amide bonds. The lowest BCUT2D eigenvalue weighted by molar-refractivity contribution is -0.147. The minimum atomic E-state index is -0.553. The summed E-state index contributed by atoms with van der Waals surface area (Å²) in [5.41, 5.74) is 0.838. The number of ether oxygens (including phenoxy) is 1. The van der Waals surface area contributed by atoms with E-state index in [1.54, 1.807) is 42.7 Å². The van der Waals surface area contributed by atoms with Crippen LogP contribution in [0.2, 0.25) is 10.0 Å². The average Bonchev–Trinajstić information content (AvgIpc) is 2.99. The monoisotopic (exact) mass is 397 g/mol. The minimum absolute atomic E-state index is 0.306. The minimum Gasteiger partial charge on any atom is -0.452 e. The van der Waals surface area contributed by atoms with Crippen LogP contribution in [0, 0.1) is 6.92 Å². The van der Waals surface area contributed by atoms with Crippen LogP contribution in [0.15, 0.2) is 36.4 Å². The number of aryl methyl sites for hydroxylation is 1. The molecule has 0 radical (unpaired) electrons. The number of benzene rings is 1. The number of carbonyl (C=O) groups is 2. The van der Waals surface area contributed by atoms with Crippen molar-refractivity contribution in [2.45, 2.75) is 13.5 Å². The summed E-state index contributed by atoms with van der Waals surface area (Å²) in [6.07, 6.45) is 2.99. The van der Waals surface area contributed by atoms with Crippen LogP contribution in [0.4, 0.5) is 0 Å². The Balaban J connectivity index is 1.81. The molecule has 4 nitrogen and oxygen atoms in total. The van der Waals surface area contributed by atoms with Gasteiger partial charge in [0.15, 0.2) is 6.61 Å². The molecule has 0 bridgehead atoms. The van der Waals surface area contributed by atoms with Gasteiger partial charge in [0.05, 0.1) is 10.0 Å². The van der Waals surface area contributed by atoms with Crippen LogP contribution in [-0.4, -0.2) is 30.4 Å². The van der Waals surface area contributed by atoms with E-state index in [2.05, 4.69) is 0 Å². The normalized spacial score (nSPS) is 10.9. The number of carbonyl (C=O) groups excluding carboxylic acids is 2. The second kappa shape index (κ2) is 9.04. The van der Waals surface area contributed by atoms with Gasteiger partial charge in [0.1, 0.15) is 0 Å². The van der Waals surface area contributed by atoms with Crippen molar-refractivity contribution < 1.29 is 14.3 Å². The highest BCUT2D eigenvalue weighted by Crippen LogP contribution is 2.23. The van der Waals surface area contributed by atoms with Gasteiger partial charge in [0, 0.05) is 29.4 Å². The Kier molecular flexibility index (Phi) is 7.05. The van der Waals surface area contributed by atoms with Gasteiger partial charge in [-0.05, 0) is 42.8 Å². The second-order valence-corrected chi connectivity index (χ2v) is 7.52. The van der Waals surface area contributed by atoms with Crippen molar-refractivity contribution in [3.05, 3.63) is 61.8 Å². The van der Waals surface area contributed by atoms with E-state index in [-0.39, 0.29) is 12.5 Å². The van der Waals surface area contributed by atoms with Crippen LogP contribution < -0.4 is 0 Å². The third kappa shape index (κ3) is 6.20. The van der Waals surface area contributed by atoms with Gasteiger partial charge < -0.3 is 9.64 Å². The summed E-state index contributed by atoms with van der Waals surface area (Å²) in [5.74, 6) is -0.859. The van der Waals surface area contributed by atoms with Gasteiger partial charge in [-0.15, -0.1) is 11.3 Å². The first-order chi connectivity index (χ1) is 11.8. The van der Waals surface area contributed by atoms with E-state index in [1.165, 1.54) is 11.0 Å². The molecule has 0 N–H and O–H groups in total. The van der Waals surface area contributed by atoms with Crippen molar-refractivity contribution in [3.8, 4) is 0 Å². The number of hydrogen-bond acceptors (Lipinski definition) is 4. The summed E-state index contributed by atoms with van der Waals surface area (Å²) in [4.78, 5) is 27.3. The van der Waals surface area contributed by atoms with Crippen molar-refractivity contribution in [2.75, 3.05) is 13.7 Å². The first-order valence-electron chi connectivity index (χ1n) is 7.44. The van der Waals surface area contributed by atoms with Gasteiger partial charge in [-0.1, -0.05) is 29.3 Å². The summed E-state index contributed by atoms with van der Waals surface area (Å²) in [6, 6.07) is 9.05. The van der Waals surface area contributed by atoms with Crippen molar-refractivity contribution in [1.29, 1.82) is 0 Å². The van der Waals surface area contributed by atoms with Gasteiger partial charge >= 0.3 is 5.97 Å². The highest BCUT2D eigenvalue weighted by atomic mass is 35.5. The first-order valence-corrected chi connectivity index (χ1v) is 9.01. The van der Waals surface area contributed by atoms with E-state index in [9.17, 15) is 9.59 Å². The summed E-state index contributed by atoms with van der Waals surface area (Å²) in [7, 11) is 1.63. The second-order valence-electron chi connectivity index (χ2n) is 5.39. The molecule has 0 atom stereocenters. The molecule has 0 fully saturated rings. The number of thiophene rings is 1. The largest absolute Gasteiger partial charge is 0.452 e. The molecule has 0 spiro atoms. The quantitative estimate of drug-likeness (QED) is 0.529. The van der Waals surface area contributed by atoms with Crippen molar-refractivity contribution in [2.24, 2.45) is 0 Å². The summed E-state index contributed by atoms with van der Waals surface area (Å²) in [6.45, 7) is 2.02. The molecule has 1 aromatic carbocycles. The molecule has 0 unspecified atom stereocenters. The molecule has 2 rings (SSSR count). The van der Waals surface area contributed by atoms with Crippen LogP contribution in [0.5, 0.6) is 0 Å². The van der Waals surface area contributed by atoms with Crippen LogP contribution in [0.1, 0.15) is 15.3 Å². The average molecular weight is 398 g/mol. The first kappa shape index (κ1) is 19.5. The summed E-state index contributed by atoms with van der Waals surface area (Å²) in [5, 5.41) is 0.890. The highest BCUT2D eigenvalue weighted by molar-refractivity contribution is 7.12. The molecule has 0 aliphatic rings. The number of esters is 1. The lowest BCUT2D eigenvalue weighted by Gasteiger charge is -2.17. The zero-order valence-corrected chi connectivity index (χ0v) is 16.1. The van der Waals surface area contributed by atoms with Crippen LogP contribution in [0.25, 0.3) is 6.08 Å². The van der Waals surface area contributed by atoms with E-state index in [0.29, 0.717) is 16.6 Å². The molecule has 0 saturated heterocycles. The molecule has 1 heterocycles. The van der Waals surface area contributed by atoms with Crippen molar-refractivity contribution >= 4 is 52.5 Å². The fourth-order valence-electron chi connectivity index (χ4n) is 1.98. The van der Waals surface area contributed by atoms with Crippen molar-refractivity contribution in [3.63, 3.8) is 0 Å². The van der Waals surface area contributed by atoms with Crippen molar-refractivity contribution in [1.82, 2.24) is 4.90 Å². The maximum atomic E-state index is 12.0. The number of halogens is 2. The van der Waals surface area contributed by atoms with Gasteiger partial charge in [0.25, 0.3) is 5.91 Å².